The number of nitrogens with zero attached hydrogens (tertiary/aromatic N) is 1. The minimum absolute atomic E-state index is 0.293. The van der Waals surface area contributed by atoms with Gasteiger partial charge in [0.05, 0.1) is 0 Å². The summed E-state index contributed by atoms with van der Waals surface area (Å²) in [6.07, 6.45) is 2.86. The zero-order chi connectivity index (χ0) is 12.3. The predicted octanol–water partition coefficient (Wildman–Crippen LogP) is 2.79. The van der Waals surface area contributed by atoms with E-state index < -0.39 is 5.97 Å². The van der Waals surface area contributed by atoms with E-state index in [2.05, 4.69) is 21.7 Å². The van der Waals surface area contributed by atoms with Crippen LogP contribution in [-0.4, -0.2) is 35.1 Å². The lowest BCUT2D eigenvalue weighted by atomic mass is 9.90. The quantitative estimate of drug-likeness (QED) is 0.897. The van der Waals surface area contributed by atoms with Gasteiger partial charge in [0.2, 0.25) is 0 Å². The lowest BCUT2D eigenvalue weighted by Crippen LogP contribution is -2.44. The Labute approximate surface area is 106 Å². The van der Waals surface area contributed by atoms with Gasteiger partial charge in [-0.05, 0) is 60.7 Å². The van der Waals surface area contributed by atoms with Crippen molar-refractivity contribution in [2.24, 2.45) is 0 Å². The van der Waals surface area contributed by atoms with Crippen LogP contribution < -0.4 is 0 Å². The summed E-state index contributed by atoms with van der Waals surface area (Å²) in [4.78, 5) is 13.2. The molecule has 17 heavy (non-hydrogen) atoms. The number of likely N-dealkylation sites (tertiary alicyclic amines) is 1. The summed E-state index contributed by atoms with van der Waals surface area (Å²) >= 11 is 1.74. The topological polar surface area (TPSA) is 40.5 Å². The van der Waals surface area contributed by atoms with Crippen molar-refractivity contribution in [2.45, 2.75) is 38.1 Å². The fourth-order valence-corrected chi connectivity index (χ4v) is 3.38. The van der Waals surface area contributed by atoms with Crippen LogP contribution in [0.25, 0.3) is 0 Å². The molecular weight excluding hydrogens is 234 g/mol. The van der Waals surface area contributed by atoms with E-state index in [9.17, 15) is 4.79 Å². The second-order valence-corrected chi connectivity index (χ2v) is 5.41. The molecule has 1 fully saturated rings. The number of piperidine rings is 1. The average Bonchev–Trinajstić information content (AvgIpc) is 2.84. The molecular formula is C13H19NO2S. The molecule has 3 nitrogen and oxygen atoms in total. The summed E-state index contributed by atoms with van der Waals surface area (Å²) in [7, 11) is 0. The summed E-state index contributed by atoms with van der Waals surface area (Å²) in [5.41, 5.74) is 1.43. The molecule has 1 saturated heterocycles. The molecule has 94 valence electrons. The third-order valence-electron chi connectivity index (χ3n) is 3.66. The normalized spacial score (nSPS) is 20.3. The molecule has 0 aromatic carbocycles. The Kier molecular flexibility index (Phi) is 4.18. The maximum absolute atomic E-state index is 11.1. The van der Waals surface area contributed by atoms with Crippen molar-refractivity contribution in [1.29, 1.82) is 0 Å². The monoisotopic (exact) mass is 253 g/mol. The summed E-state index contributed by atoms with van der Waals surface area (Å²) in [5.74, 6) is -0.0507. The van der Waals surface area contributed by atoms with Crippen LogP contribution in [-0.2, 0) is 4.79 Å². The van der Waals surface area contributed by atoms with Crippen molar-refractivity contribution in [3.8, 4) is 0 Å². The Morgan fingerprint density at radius 1 is 1.59 bits per heavy atom. The average molecular weight is 253 g/mol. The molecule has 1 aromatic heterocycles. The van der Waals surface area contributed by atoms with E-state index in [-0.39, 0.29) is 6.04 Å². The lowest BCUT2D eigenvalue weighted by molar-refractivity contribution is -0.143. The van der Waals surface area contributed by atoms with Gasteiger partial charge in [-0.3, -0.25) is 9.69 Å². The Morgan fingerprint density at radius 3 is 2.76 bits per heavy atom. The smallest absolute Gasteiger partial charge is 0.320 e. The van der Waals surface area contributed by atoms with Crippen LogP contribution in [0.1, 0.15) is 37.7 Å². The van der Waals surface area contributed by atoms with Gasteiger partial charge in [0.1, 0.15) is 6.04 Å². The van der Waals surface area contributed by atoms with Gasteiger partial charge in [-0.1, -0.05) is 6.92 Å². The highest BCUT2D eigenvalue weighted by Gasteiger charge is 2.28. The number of carbonyl (C=O) groups is 1. The van der Waals surface area contributed by atoms with Gasteiger partial charge >= 0.3 is 5.97 Å². The number of carboxylic acids is 1. The van der Waals surface area contributed by atoms with Crippen LogP contribution in [0, 0.1) is 0 Å². The van der Waals surface area contributed by atoms with Crippen molar-refractivity contribution >= 4 is 17.3 Å². The minimum atomic E-state index is -0.679. The highest BCUT2D eigenvalue weighted by molar-refractivity contribution is 7.07. The largest absolute Gasteiger partial charge is 0.480 e. The van der Waals surface area contributed by atoms with Gasteiger partial charge in [-0.25, -0.2) is 0 Å². The van der Waals surface area contributed by atoms with Crippen LogP contribution >= 0.6 is 11.3 Å². The molecule has 0 aliphatic carbocycles. The molecule has 0 bridgehead atoms. The van der Waals surface area contributed by atoms with Gasteiger partial charge in [0.25, 0.3) is 0 Å². The van der Waals surface area contributed by atoms with Crippen molar-refractivity contribution in [2.75, 3.05) is 13.1 Å². The van der Waals surface area contributed by atoms with Crippen LogP contribution in [0.4, 0.5) is 0 Å². The van der Waals surface area contributed by atoms with Gasteiger partial charge < -0.3 is 5.11 Å². The Hall–Kier alpha value is -0.870. The van der Waals surface area contributed by atoms with Crippen molar-refractivity contribution in [1.82, 2.24) is 4.90 Å². The van der Waals surface area contributed by atoms with E-state index in [1.807, 2.05) is 6.92 Å². The molecule has 1 unspecified atom stereocenters. The third kappa shape index (κ3) is 2.87. The van der Waals surface area contributed by atoms with Crippen molar-refractivity contribution < 1.29 is 9.90 Å². The Morgan fingerprint density at radius 2 is 2.29 bits per heavy atom. The third-order valence-corrected chi connectivity index (χ3v) is 4.36. The lowest BCUT2D eigenvalue weighted by Gasteiger charge is -2.35. The molecule has 0 amide bonds. The van der Waals surface area contributed by atoms with Gasteiger partial charge in [-0.15, -0.1) is 0 Å². The van der Waals surface area contributed by atoms with Gasteiger partial charge in [-0.2, -0.15) is 11.3 Å². The van der Waals surface area contributed by atoms with E-state index in [0.29, 0.717) is 12.3 Å². The highest BCUT2D eigenvalue weighted by Crippen LogP contribution is 2.30. The number of hydrogen-bond donors (Lipinski definition) is 1. The van der Waals surface area contributed by atoms with E-state index >= 15 is 0 Å². The number of carboxylic acid groups (broad SMARTS) is 1. The van der Waals surface area contributed by atoms with Crippen LogP contribution in [0.3, 0.4) is 0 Å². The molecule has 1 N–H and O–H groups in total. The highest BCUT2D eigenvalue weighted by atomic mass is 32.1. The second kappa shape index (κ2) is 5.65. The molecule has 1 aromatic rings. The zero-order valence-corrected chi connectivity index (χ0v) is 10.9. The van der Waals surface area contributed by atoms with Crippen molar-refractivity contribution in [3.05, 3.63) is 22.4 Å². The second-order valence-electron chi connectivity index (χ2n) is 4.63. The predicted molar refractivity (Wildman–Crippen MR) is 69.6 cm³/mol. The van der Waals surface area contributed by atoms with Crippen LogP contribution in [0.5, 0.6) is 0 Å². The fraction of sp³-hybridized carbons (Fsp3) is 0.615. The molecule has 4 heteroatoms. The molecule has 1 aliphatic heterocycles. The first-order valence-corrected chi connectivity index (χ1v) is 7.15. The van der Waals surface area contributed by atoms with E-state index in [1.54, 1.807) is 11.3 Å². The molecule has 1 aliphatic rings. The molecule has 2 rings (SSSR count). The number of rotatable bonds is 4. The van der Waals surface area contributed by atoms with E-state index in [0.717, 1.165) is 25.9 Å². The minimum Gasteiger partial charge on any atom is -0.480 e. The first-order valence-electron chi connectivity index (χ1n) is 6.21. The molecule has 0 radical (unpaired) electrons. The maximum Gasteiger partial charge on any atom is 0.320 e. The molecule has 2 heterocycles. The number of hydrogen-bond acceptors (Lipinski definition) is 3. The van der Waals surface area contributed by atoms with Gasteiger partial charge in [0, 0.05) is 0 Å². The standard InChI is InChI=1S/C13H19NO2S/c1-2-12(13(15)16)14-6-3-10(4-7-14)11-5-8-17-9-11/h5,8-10,12H,2-4,6-7H2,1H3,(H,15,16). The maximum atomic E-state index is 11.1. The SMILES string of the molecule is CCC(C(=O)O)N1CCC(c2ccsc2)CC1. The van der Waals surface area contributed by atoms with Gasteiger partial charge in [0.15, 0.2) is 0 Å². The molecule has 1 atom stereocenters. The summed E-state index contributed by atoms with van der Waals surface area (Å²) in [6, 6.07) is 1.90. The van der Waals surface area contributed by atoms with Crippen LogP contribution in [0.2, 0.25) is 0 Å². The van der Waals surface area contributed by atoms with Crippen LogP contribution in [0.15, 0.2) is 16.8 Å². The first-order chi connectivity index (χ1) is 8.22. The number of thiophene rings is 1. The Bertz CT molecular complexity index is 356. The van der Waals surface area contributed by atoms with Crippen molar-refractivity contribution in [3.63, 3.8) is 0 Å². The number of aliphatic carboxylic acids is 1. The summed E-state index contributed by atoms with van der Waals surface area (Å²) in [5, 5.41) is 13.5. The molecule has 0 saturated carbocycles. The summed E-state index contributed by atoms with van der Waals surface area (Å²) < 4.78 is 0. The van der Waals surface area contributed by atoms with E-state index in [1.165, 1.54) is 5.56 Å². The zero-order valence-electron chi connectivity index (χ0n) is 10.1. The molecule has 0 spiro atoms. The van der Waals surface area contributed by atoms with E-state index in [4.69, 9.17) is 5.11 Å². The Balaban J connectivity index is 1.91. The summed E-state index contributed by atoms with van der Waals surface area (Å²) in [6.45, 7) is 3.76. The first kappa shape index (κ1) is 12.6. The fourth-order valence-electron chi connectivity index (χ4n) is 2.64.